The van der Waals surface area contributed by atoms with Crippen LogP contribution in [0, 0.1) is 10.1 Å². The lowest BCUT2D eigenvalue weighted by atomic mass is 10.0. The Morgan fingerprint density at radius 2 is 2.07 bits per heavy atom. The van der Waals surface area contributed by atoms with Gasteiger partial charge in [0.05, 0.1) is 4.92 Å². The average molecular weight is 396 g/mol. The molecule has 0 bridgehead atoms. The summed E-state index contributed by atoms with van der Waals surface area (Å²) in [5, 5.41) is 21.6. The van der Waals surface area contributed by atoms with Crippen molar-refractivity contribution >= 4 is 34.2 Å². The van der Waals surface area contributed by atoms with Crippen molar-refractivity contribution in [2.75, 3.05) is 4.90 Å². The molecular weight excluding hydrogens is 380 g/mol. The number of fused-ring (bicyclic) bond motifs is 1. The normalized spacial score (nSPS) is 16.5. The van der Waals surface area contributed by atoms with Crippen molar-refractivity contribution in [1.29, 1.82) is 0 Å². The van der Waals surface area contributed by atoms with Gasteiger partial charge in [0, 0.05) is 42.9 Å². The molecule has 29 heavy (non-hydrogen) atoms. The van der Waals surface area contributed by atoms with E-state index in [2.05, 4.69) is 4.98 Å². The Morgan fingerprint density at radius 1 is 1.31 bits per heavy atom. The first-order valence-corrected chi connectivity index (χ1v) is 8.80. The zero-order chi connectivity index (χ0) is 20.9. The van der Waals surface area contributed by atoms with Gasteiger partial charge in [-0.15, -0.1) is 0 Å². The van der Waals surface area contributed by atoms with Gasteiger partial charge in [-0.2, -0.15) is 0 Å². The lowest BCUT2D eigenvalue weighted by Crippen LogP contribution is -2.38. The van der Waals surface area contributed by atoms with E-state index >= 15 is 0 Å². The molecule has 0 saturated carbocycles. The number of nitro groups is 1. The molecule has 3 heterocycles. The van der Waals surface area contributed by atoms with E-state index in [-0.39, 0.29) is 29.8 Å². The summed E-state index contributed by atoms with van der Waals surface area (Å²) in [7, 11) is 1.59. The maximum absolute atomic E-state index is 12.4. The zero-order valence-electron chi connectivity index (χ0n) is 15.3. The molecule has 3 aromatic rings. The summed E-state index contributed by atoms with van der Waals surface area (Å²) in [6.07, 6.45) is 3.30. The molecule has 148 valence electrons. The van der Waals surface area contributed by atoms with Crippen LogP contribution in [0.5, 0.6) is 0 Å². The van der Waals surface area contributed by atoms with E-state index in [9.17, 15) is 29.6 Å². The van der Waals surface area contributed by atoms with Crippen LogP contribution in [0.25, 0.3) is 22.0 Å². The fourth-order valence-electron chi connectivity index (χ4n) is 3.76. The van der Waals surface area contributed by atoms with Crippen LogP contribution < -0.4 is 10.5 Å². The lowest BCUT2D eigenvalue weighted by Gasteiger charge is -2.22. The summed E-state index contributed by atoms with van der Waals surface area (Å²) in [4.78, 5) is 51.0. The van der Waals surface area contributed by atoms with Crippen molar-refractivity contribution in [2.45, 2.75) is 18.9 Å². The third-order valence-electron chi connectivity index (χ3n) is 5.13. The Morgan fingerprint density at radius 3 is 2.76 bits per heavy atom. The van der Waals surface area contributed by atoms with Crippen LogP contribution in [0.4, 0.5) is 11.4 Å². The summed E-state index contributed by atoms with van der Waals surface area (Å²) in [5.74, 6) is -1.70. The number of hydrogen-bond donors (Lipinski definition) is 2. The number of aromatic nitrogens is 2. The van der Waals surface area contributed by atoms with E-state index in [4.69, 9.17) is 0 Å². The Labute approximate surface area is 163 Å². The minimum Gasteiger partial charge on any atom is -0.480 e. The Hall–Kier alpha value is -3.95. The third kappa shape index (κ3) is 2.85. The number of amides is 1. The summed E-state index contributed by atoms with van der Waals surface area (Å²) in [5.41, 5.74) is 0.875. The number of rotatable bonds is 4. The number of nitrogens with zero attached hydrogens (tertiary/aromatic N) is 3. The fourth-order valence-corrected chi connectivity index (χ4v) is 3.76. The molecule has 0 aliphatic carbocycles. The van der Waals surface area contributed by atoms with Crippen LogP contribution in [0.1, 0.15) is 12.8 Å². The number of aromatic amines is 1. The zero-order valence-corrected chi connectivity index (χ0v) is 15.3. The first-order chi connectivity index (χ1) is 13.8. The molecule has 10 nitrogen and oxygen atoms in total. The van der Waals surface area contributed by atoms with Crippen molar-refractivity contribution in [3.63, 3.8) is 0 Å². The number of pyridine rings is 1. The second-order valence-electron chi connectivity index (χ2n) is 6.84. The highest BCUT2D eigenvalue weighted by atomic mass is 16.6. The van der Waals surface area contributed by atoms with Gasteiger partial charge in [-0.25, -0.2) is 4.79 Å². The largest absolute Gasteiger partial charge is 0.480 e. The molecular formula is C19H16N4O6. The van der Waals surface area contributed by atoms with Crippen LogP contribution in [0.2, 0.25) is 0 Å². The van der Waals surface area contributed by atoms with E-state index in [1.54, 1.807) is 25.5 Å². The number of anilines is 1. The Kier molecular flexibility index (Phi) is 4.18. The number of carboxylic acid groups (broad SMARTS) is 1. The van der Waals surface area contributed by atoms with Crippen molar-refractivity contribution in [2.24, 2.45) is 7.05 Å². The number of benzene rings is 1. The molecule has 1 aromatic carbocycles. The number of carbonyl (C=O) groups excluding carboxylic acids is 1. The molecule has 1 saturated heterocycles. The van der Waals surface area contributed by atoms with E-state index < -0.39 is 22.8 Å². The van der Waals surface area contributed by atoms with Gasteiger partial charge in [-0.05, 0) is 30.2 Å². The van der Waals surface area contributed by atoms with Gasteiger partial charge in [0.25, 0.3) is 11.2 Å². The number of H-pyrrole nitrogens is 1. The number of nitrogens with one attached hydrogen (secondary N) is 1. The maximum Gasteiger partial charge on any atom is 0.326 e. The highest BCUT2D eigenvalue weighted by Gasteiger charge is 2.40. The van der Waals surface area contributed by atoms with Crippen LogP contribution in [0.3, 0.4) is 0 Å². The second kappa shape index (κ2) is 6.59. The Balaban J connectivity index is 1.96. The molecule has 1 aliphatic heterocycles. The number of hydrogen-bond acceptors (Lipinski definition) is 5. The molecule has 0 spiro atoms. The number of carboxylic acids is 1. The predicted octanol–water partition coefficient (Wildman–Crippen LogP) is 2.02. The van der Waals surface area contributed by atoms with Gasteiger partial charge >= 0.3 is 5.97 Å². The van der Waals surface area contributed by atoms with E-state index in [0.29, 0.717) is 22.0 Å². The van der Waals surface area contributed by atoms with Crippen LogP contribution in [0.15, 0.2) is 41.5 Å². The Bertz CT molecular complexity index is 1240. The van der Waals surface area contributed by atoms with Gasteiger partial charge in [0.1, 0.15) is 17.2 Å². The molecule has 2 aromatic heterocycles. The molecule has 1 fully saturated rings. The number of aryl methyl sites for hydroxylation is 1. The molecule has 1 amide bonds. The predicted molar refractivity (Wildman–Crippen MR) is 104 cm³/mol. The number of aliphatic carboxylic acids is 1. The van der Waals surface area contributed by atoms with Gasteiger partial charge in [0.2, 0.25) is 5.91 Å². The molecule has 10 heteroatoms. The summed E-state index contributed by atoms with van der Waals surface area (Å²) >= 11 is 0. The molecule has 1 unspecified atom stereocenters. The van der Waals surface area contributed by atoms with E-state index in [1.165, 1.54) is 22.8 Å². The van der Waals surface area contributed by atoms with Gasteiger partial charge in [0.15, 0.2) is 0 Å². The van der Waals surface area contributed by atoms with Crippen LogP contribution in [-0.2, 0) is 16.6 Å². The first kappa shape index (κ1) is 18.4. The maximum atomic E-state index is 12.4. The highest BCUT2D eigenvalue weighted by molar-refractivity contribution is 6.05. The third-order valence-corrected chi connectivity index (χ3v) is 5.13. The average Bonchev–Trinajstić information content (AvgIpc) is 3.31. The molecule has 0 radical (unpaired) electrons. The van der Waals surface area contributed by atoms with Crippen molar-refractivity contribution < 1.29 is 19.6 Å². The fraction of sp³-hybridized carbons (Fsp3) is 0.211. The van der Waals surface area contributed by atoms with Crippen LogP contribution >= 0.6 is 0 Å². The molecule has 1 aliphatic rings. The molecule has 1 atom stereocenters. The lowest BCUT2D eigenvalue weighted by molar-refractivity contribution is -0.384. The number of carbonyl (C=O) groups is 2. The van der Waals surface area contributed by atoms with Gasteiger partial charge in [-0.3, -0.25) is 24.6 Å². The highest BCUT2D eigenvalue weighted by Crippen LogP contribution is 2.38. The first-order valence-electron chi connectivity index (χ1n) is 8.80. The van der Waals surface area contributed by atoms with Crippen molar-refractivity contribution in [1.82, 2.24) is 9.55 Å². The topological polar surface area (TPSA) is 139 Å². The van der Waals surface area contributed by atoms with E-state index in [0.717, 1.165) is 4.90 Å². The monoisotopic (exact) mass is 396 g/mol. The van der Waals surface area contributed by atoms with Crippen LogP contribution in [-0.4, -0.2) is 37.5 Å². The molecule has 4 rings (SSSR count). The quantitative estimate of drug-likeness (QED) is 0.511. The molecule has 2 N–H and O–H groups in total. The summed E-state index contributed by atoms with van der Waals surface area (Å²) in [6.45, 7) is 0. The smallest absolute Gasteiger partial charge is 0.326 e. The van der Waals surface area contributed by atoms with Gasteiger partial charge < -0.3 is 14.7 Å². The second-order valence-corrected chi connectivity index (χ2v) is 6.84. The van der Waals surface area contributed by atoms with Crippen molar-refractivity contribution in [3.8, 4) is 11.1 Å². The standard InChI is InChI=1S/C19H16N4O6/c1-21-9-12(11-6-7-20-17(11)18(21)25)10-2-3-13(23(28)29)15(8-10)22-14(19(26)27)4-5-16(22)24/h2-3,6-9,14,20H,4-5H2,1H3,(H,26,27). The van der Waals surface area contributed by atoms with E-state index in [1.807, 2.05) is 0 Å². The minimum absolute atomic E-state index is 0.000241. The number of nitro benzene ring substituents is 1. The van der Waals surface area contributed by atoms with Crippen molar-refractivity contribution in [3.05, 3.63) is 57.1 Å². The summed E-state index contributed by atoms with van der Waals surface area (Å²) in [6, 6.07) is 4.75. The summed E-state index contributed by atoms with van der Waals surface area (Å²) < 4.78 is 1.39. The van der Waals surface area contributed by atoms with Gasteiger partial charge in [-0.1, -0.05) is 0 Å². The SMILES string of the molecule is Cn1cc(-c2ccc([N+](=O)[O-])c(N3C(=O)CCC3C(=O)O)c2)c2cc[nH]c2c1=O. The minimum atomic E-state index is -1.22.